The van der Waals surface area contributed by atoms with E-state index in [1.54, 1.807) is 23.1 Å². The number of rotatable bonds is 10. The quantitative estimate of drug-likeness (QED) is 0.248. The van der Waals surface area contributed by atoms with Crippen molar-refractivity contribution in [2.45, 2.75) is 88.3 Å². The Hall–Kier alpha value is -6.80. The monoisotopic (exact) mass is 914 g/mol. The summed E-state index contributed by atoms with van der Waals surface area (Å²) < 4.78 is 51.4. The number of carbonyl (C=O) groups is 7. The number of nitrogens with zero attached hydrogens (tertiary/aromatic N) is 7. The Kier molecular flexibility index (Phi) is 11.8. The summed E-state index contributed by atoms with van der Waals surface area (Å²) >= 11 is 0. The van der Waals surface area contributed by atoms with Crippen LogP contribution in [0, 0.1) is 11.7 Å². The maximum atomic E-state index is 15.7. The lowest BCUT2D eigenvalue weighted by atomic mass is 10.0. The number of hydrogen-bond acceptors (Lipinski definition) is 13. The predicted molar refractivity (Wildman–Crippen MR) is 231 cm³/mol. The average Bonchev–Trinajstić information content (AvgIpc) is 4.05. The SMILES string of the molecule is COc1cc(C(=O)NC2CCN(C(=O)CC3CCN(c4cccc5c4C(=O)N(C4CCC(=O)NC4=O)C5=O)C3)CC2)c(F)cc1Nc1ncc2c(n1)N(C1CCCC1)CC(F)(F)C(=O)N2C. The first-order valence-corrected chi connectivity index (χ1v) is 22.2. The fourth-order valence-electron chi connectivity index (χ4n) is 10.1. The average molecular weight is 915 g/mol. The minimum Gasteiger partial charge on any atom is -0.495 e. The molecule has 9 rings (SSSR count). The zero-order valence-corrected chi connectivity index (χ0v) is 36.4. The van der Waals surface area contributed by atoms with Gasteiger partial charge in [0.1, 0.15) is 23.3 Å². The van der Waals surface area contributed by atoms with Gasteiger partial charge in [-0.05, 0) is 62.6 Å². The zero-order valence-electron chi connectivity index (χ0n) is 36.4. The van der Waals surface area contributed by atoms with Crippen molar-refractivity contribution in [2.75, 3.05) is 66.9 Å². The van der Waals surface area contributed by atoms with Crippen LogP contribution in [0.2, 0.25) is 0 Å². The summed E-state index contributed by atoms with van der Waals surface area (Å²) in [4.78, 5) is 107. The molecule has 3 N–H and O–H groups in total. The smallest absolute Gasteiger partial charge is 0.342 e. The van der Waals surface area contributed by atoms with Crippen molar-refractivity contribution in [3.8, 4) is 5.75 Å². The van der Waals surface area contributed by atoms with Crippen LogP contribution in [0.25, 0.3) is 0 Å². The number of hydrogen-bond donors (Lipinski definition) is 3. The second-order valence-electron chi connectivity index (χ2n) is 17.8. The van der Waals surface area contributed by atoms with E-state index in [2.05, 4.69) is 25.9 Å². The molecule has 1 aliphatic carbocycles. The summed E-state index contributed by atoms with van der Waals surface area (Å²) in [5.74, 6) is -8.78. The molecule has 7 amide bonds. The highest BCUT2D eigenvalue weighted by atomic mass is 19.3. The highest BCUT2D eigenvalue weighted by molar-refractivity contribution is 6.25. The molecule has 0 bridgehead atoms. The van der Waals surface area contributed by atoms with Gasteiger partial charge in [0.2, 0.25) is 23.7 Å². The number of likely N-dealkylation sites (tertiary alicyclic amines) is 1. The van der Waals surface area contributed by atoms with Crippen LogP contribution >= 0.6 is 0 Å². The van der Waals surface area contributed by atoms with E-state index in [4.69, 9.17) is 4.74 Å². The molecule has 0 radical (unpaired) electrons. The molecular weight excluding hydrogens is 866 g/mol. The fourth-order valence-corrected chi connectivity index (χ4v) is 10.1. The number of halogens is 3. The number of alkyl halides is 2. The number of imide groups is 2. The molecule has 2 atom stereocenters. The minimum atomic E-state index is -3.65. The number of fused-ring (bicyclic) bond motifs is 2. The van der Waals surface area contributed by atoms with Gasteiger partial charge in [0.25, 0.3) is 23.6 Å². The first kappa shape index (κ1) is 44.4. The number of ether oxygens (including phenoxy) is 1. The third-order valence-corrected chi connectivity index (χ3v) is 13.6. The van der Waals surface area contributed by atoms with Crippen molar-refractivity contribution >= 4 is 70.2 Å². The molecule has 6 aliphatic rings. The molecule has 2 aromatic carbocycles. The molecule has 18 nitrogen and oxygen atoms in total. The van der Waals surface area contributed by atoms with Gasteiger partial charge >= 0.3 is 5.92 Å². The topological polar surface area (TPSA) is 207 Å². The summed E-state index contributed by atoms with van der Waals surface area (Å²) in [6.45, 7) is 0.916. The summed E-state index contributed by atoms with van der Waals surface area (Å²) in [5.41, 5.74) is 0.874. The molecule has 3 saturated heterocycles. The Morgan fingerprint density at radius 3 is 2.44 bits per heavy atom. The number of anilines is 5. The van der Waals surface area contributed by atoms with Crippen LogP contribution in [-0.2, 0) is 19.2 Å². The number of nitrogens with one attached hydrogen (secondary N) is 3. The van der Waals surface area contributed by atoms with E-state index < -0.39 is 59.8 Å². The van der Waals surface area contributed by atoms with Gasteiger partial charge in [-0.15, -0.1) is 0 Å². The molecule has 21 heteroatoms. The van der Waals surface area contributed by atoms with E-state index in [-0.39, 0.29) is 88.8 Å². The Morgan fingerprint density at radius 2 is 1.71 bits per heavy atom. The third-order valence-electron chi connectivity index (χ3n) is 13.6. The Morgan fingerprint density at radius 1 is 0.955 bits per heavy atom. The Bertz CT molecular complexity index is 2530. The van der Waals surface area contributed by atoms with Crippen LogP contribution in [-0.4, -0.2) is 132 Å². The molecule has 1 saturated carbocycles. The maximum Gasteiger partial charge on any atom is 0.342 e. The van der Waals surface area contributed by atoms with Gasteiger partial charge in [-0.25, -0.2) is 9.37 Å². The van der Waals surface area contributed by atoms with Crippen molar-refractivity contribution in [3.63, 3.8) is 0 Å². The van der Waals surface area contributed by atoms with Crippen LogP contribution in [0.15, 0.2) is 36.5 Å². The standard InChI is InChI=1S/C45H49F3N10O8/c1-54-33-21-49-44(53-38(33)57(26-6-3-4-7-26)23-45(47,48)43(54)65)51-30-20-29(46)28(19-34(30)66-2)39(61)50-25-13-16-55(17-14-25)36(60)18-24-12-15-56(22-24)31-9-5-8-27-37(31)42(64)58(41(27)63)32-10-11-35(59)52-40(32)62/h5,8-9,19-21,24-26,32H,3-4,6-7,10-18,22-23H2,1-2H3,(H,50,61)(H,49,51,53)(H,52,59,62). The molecule has 1 aromatic heterocycles. The molecule has 2 unspecified atom stereocenters. The van der Waals surface area contributed by atoms with Crippen LogP contribution in [0.4, 0.5) is 42.0 Å². The van der Waals surface area contributed by atoms with Crippen molar-refractivity contribution in [2.24, 2.45) is 5.92 Å². The fraction of sp³-hybridized carbons (Fsp3) is 0.489. The zero-order chi connectivity index (χ0) is 46.6. The number of benzene rings is 2. The highest BCUT2D eigenvalue weighted by Gasteiger charge is 2.49. The first-order valence-electron chi connectivity index (χ1n) is 22.2. The van der Waals surface area contributed by atoms with Gasteiger partial charge in [0.15, 0.2) is 5.82 Å². The van der Waals surface area contributed by atoms with E-state index in [9.17, 15) is 33.6 Å². The third kappa shape index (κ3) is 8.23. The molecule has 3 aromatic rings. The van der Waals surface area contributed by atoms with Crippen molar-refractivity contribution in [1.29, 1.82) is 0 Å². The molecule has 0 spiro atoms. The van der Waals surface area contributed by atoms with E-state index in [0.717, 1.165) is 28.7 Å². The van der Waals surface area contributed by atoms with E-state index in [0.29, 0.717) is 64.0 Å². The van der Waals surface area contributed by atoms with Crippen molar-refractivity contribution < 1.29 is 51.5 Å². The normalized spacial score (nSPS) is 22.4. The van der Waals surface area contributed by atoms with Gasteiger partial charge in [0.05, 0.1) is 47.9 Å². The van der Waals surface area contributed by atoms with Crippen molar-refractivity contribution in [3.05, 3.63) is 59.0 Å². The first-order chi connectivity index (χ1) is 31.6. The molecular formula is C45H49F3N10O8. The Balaban J connectivity index is 0.794. The van der Waals surface area contributed by atoms with Gasteiger partial charge in [-0.2, -0.15) is 13.8 Å². The number of carbonyl (C=O) groups excluding carboxylic acids is 7. The van der Waals surface area contributed by atoms with Gasteiger partial charge in [0, 0.05) is 64.2 Å². The summed E-state index contributed by atoms with van der Waals surface area (Å²) in [5, 5.41) is 7.98. The van der Waals surface area contributed by atoms with Crippen LogP contribution in [0.3, 0.4) is 0 Å². The summed E-state index contributed by atoms with van der Waals surface area (Å²) in [6.07, 6.45) is 6.17. The Labute approximate surface area is 377 Å². The lowest BCUT2D eigenvalue weighted by molar-refractivity contribution is -0.140. The van der Waals surface area contributed by atoms with Gasteiger partial charge in [-0.1, -0.05) is 18.9 Å². The van der Waals surface area contributed by atoms with E-state index in [1.807, 2.05) is 4.90 Å². The molecule has 66 heavy (non-hydrogen) atoms. The number of methoxy groups -OCH3 is 1. The summed E-state index contributed by atoms with van der Waals surface area (Å²) in [7, 11) is 2.59. The second kappa shape index (κ2) is 17.5. The lowest BCUT2D eigenvalue weighted by Gasteiger charge is -2.33. The lowest BCUT2D eigenvalue weighted by Crippen LogP contribution is -2.54. The van der Waals surface area contributed by atoms with Crippen LogP contribution in [0.5, 0.6) is 5.75 Å². The minimum absolute atomic E-state index is 0.0201. The molecule has 348 valence electrons. The van der Waals surface area contributed by atoms with E-state index >= 15 is 13.2 Å². The van der Waals surface area contributed by atoms with E-state index in [1.165, 1.54) is 31.3 Å². The van der Waals surface area contributed by atoms with Gasteiger partial charge < -0.3 is 35.0 Å². The van der Waals surface area contributed by atoms with Crippen LogP contribution < -0.4 is 35.4 Å². The number of piperidine rings is 2. The highest BCUT2D eigenvalue weighted by Crippen LogP contribution is 2.41. The maximum absolute atomic E-state index is 15.7. The van der Waals surface area contributed by atoms with Crippen molar-refractivity contribution in [1.82, 2.24) is 30.4 Å². The molecule has 5 aliphatic heterocycles. The number of amides is 7. The second-order valence-corrected chi connectivity index (χ2v) is 17.8. The largest absolute Gasteiger partial charge is 0.495 e. The van der Waals surface area contributed by atoms with Crippen LogP contribution in [0.1, 0.15) is 95.3 Å². The number of aromatic nitrogens is 2. The molecule has 4 fully saturated rings. The predicted octanol–water partition coefficient (Wildman–Crippen LogP) is 3.77. The molecule has 6 heterocycles. The van der Waals surface area contributed by atoms with Gasteiger partial charge in [-0.3, -0.25) is 43.8 Å². The summed E-state index contributed by atoms with van der Waals surface area (Å²) in [6, 6.07) is 5.61.